The van der Waals surface area contributed by atoms with Crippen LogP contribution in [0.15, 0.2) is 24.4 Å². The summed E-state index contributed by atoms with van der Waals surface area (Å²) >= 11 is 0. The molecule has 4 nitrogen and oxygen atoms in total. The Morgan fingerprint density at radius 1 is 1.60 bits per heavy atom. The Labute approximate surface area is 90.6 Å². The predicted octanol–water partition coefficient (Wildman–Crippen LogP) is 1.23. The standard InChI is InChI=1S/C11H18N4/c1-3-15(9(2)11(12)13)8-10-6-4-5-7-14-10/h4-7,9H,3,8H2,1-2H3,(H3,12,13). The van der Waals surface area contributed by atoms with E-state index in [2.05, 4.69) is 16.8 Å². The third kappa shape index (κ3) is 3.32. The van der Waals surface area contributed by atoms with Crippen LogP contribution in [0.2, 0.25) is 0 Å². The molecule has 0 aliphatic carbocycles. The van der Waals surface area contributed by atoms with Crippen molar-refractivity contribution in [3.05, 3.63) is 30.1 Å². The molecular weight excluding hydrogens is 188 g/mol. The molecule has 0 amide bonds. The highest BCUT2D eigenvalue weighted by molar-refractivity contribution is 5.82. The van der Waals surface area contributed by atoms with Gasteiger partial charge in [-0.2, -0.15) is 0 Å². The van der Waals surface area contributed by atoms with Gasteiger partial charge in [-0.1, -0.05) is 13.0 Å². The quantitative estimate of drug-likeness (QED) is 0.562. The van der Waals surface area contributed by atoms with Crippen LogP contribution >= 0.6 is 0 Å². The molecule has 1 aromatic heterocycles. The van der Waals surface area contributed by atoms with E-state index in [1.54, 1.807) is 6.20 Å². The summed E-state index contributed by atoms with van der Waals surface area (Å²) in [6.45, 7) is 5.59. The molecule has 82 valence electrons. The maximum absolute atomic E-state index is 7.42. The van der Waals surface area contributed by atoms with Crippen LogP contribution < -0.4 is 5.73 Å². The number of aromatic nitrogens is 1. The molecule has 0 spiro atoms. The van der Waals surface area contributed by atoms with E-state index < -0.39 is 0 Å². The Bertz CT molecular complexity index is 310. The molecule has 0 radical (unpaired) electrons. The Kier molecular flexibility index (Phi) is 4.24. The van der Waals surface area contributed by atoms with E-state index in [0.29, 0.717) is 0 Å². The smallest absolute Gasteiger partial charge is 0.108 e. The predicted molar refractivity (Wildman–Crippen MR) is 61.7 cm³/mol. The molecule has 0 aliphatic heterocycles. The van der Waals surface area contributed by atoms with Crippen LogP contribution in [0, 0.1) is 5.41 Å². The number of hydrogen-bond donors (Lipinski definition) is 2. The fraction of sp³-hybridized carbons (Fsp3) is 0.455. The van der Waals surface area contributed by atoms with Crippen molar-refractivity contribution in [1.29, 1.82) is 5.41 Å². The number of nitrogens with two attached hydrogens (primary N) is 1. The zero-order valence-electron chi connectivity index (χ0n) is 9.27. The molecule has 0 aromatic carbocycles. The van der Waals surface area contributed by atoms with Gasteiger partial charge in [0.2, 0.25) is 0 Å². The van der Waals surface area contributed by atoms with E-state index >= 15 is 0 Å². The van der Waals surface area contributed by atoms with E-state index in [1.807, 2.05) is 25.1 Å². The Morgan fingerprint density at radius 2 is 2.33 bits per heavy atom. The first-order valence-corrected chi connectivity index (χ1v) is 5.13. The van der Waals surface area contributed by atoms with Gasteiger partial charge in [0.25, 0.3) is 0 Å². The topological polar surface area (TPSA) is 66.0 Å². The molecule has 1 atom stereocenters. The van der Waals surface area contributed by atoms with Crippen molar-refractivity contribution in [3.8, 4) is 0 Å². The summed E-state index contributed by atoms with van der Waals surface area (Å²) < 4.78 is 0. The van der Waals surface area contributed by atoms with E-state index in [-0.39, 0.29) is 11.9 Å². The van der Waals surface area contributed by atoms with Crippen LogP contribution in [-0.2, 0) is 6.54 Å². The van der Waals surface area contributed by atoms with Gasteiger partial charge >= 0.3 is 0 Å². The fourth-order valence-electron chi connectivity index (χ4n) is 1.42. The molecule has 3 N–H and O–H groups in total. The van der Waals surface area contributed by atoms with E-state index in [9.17, 15) is 0 Å². The van der Waals surface area contributed by atoms with Crippen molar-refractivity contribution in [2.75, 3.05) is 6.54 Å². The third-order valence-corrected chi connectivity index (χ3v) is 2.50. The highest BCUT2D eigenvalue weighted by atomic mass is 15.2. The normalized spacial score (nSPS) is 12.7. The number of amidine groups is 1. The van der Waals surface area contributed by atoms with E-state index in [1.165, 1.54) is 0 Å². The Hall–Kier alpha value is -1.42. The van der Waals surface area contributed by atoms with Crippen LogP contribution in [-0.4, -0.2) is 28.3 Å². The van der Waals surface area contributed by atoms with Gasteiger partial charge in [0.05, 0.1) is 11.7 Å². The number of pyridine rings is 1. The van der Waals surface area contributed by atoms with Gasteiger partial charge in [0.15, 0.2) is 0 Å². The van der Waals surface area contributed by atoms with Crippen molar-refractivity contribution >= 4 is 5.84 Å². The molecule has 1 heterocycles. The first-order valence-electron chi connectivity index (χ1n) is 5.13. The average molecular weight is 206 g/mol. The SMILES string of the molecule is CCN(Cc1ccccn1)C(C)C(=N)N. The highest BCUT2D eigenvalue weighted by Crippen LogP contribution is 2.05. The summed E-state index contributed by atoms with van der Waals surface area (Å²) in [4.78, 5) is 6.37. The van der Waals surface area contributed by atoms with Gasteiger partial charge in [0, 0.05) is 12.7 Å². The average Bonchev–Trinajstić information content (AvgIpc) is 2.26. The maximum atomic E-state index is 7.42. The van der Waals surface area contributed by atoms with Crippen LogP contribution in [0.1, 0.15) is 19.5 Å². The van der Waals surface area contributed by atoms with Gasteiger partial charge in [-0.15, -0.1) is 0 Å². The van der Waals surface area contributed by atoms with Crippen molar-refractivity contribution in [1.82, 2.24) is 9.88 Å². The van der Waals surface area contributed by atoms with Gasteiger partial charge in [-0.25, -0.2) is 0 Å². The van der Waals surface area contributed by atoms with E-state index in [4.69, 9.17) is 11.1 Å². The zero-order valence-corrected chi connectivity index (χ0v) is 9.27. The van der Waals surface area contributed by atoms with Crippen LogP contribution in [0.5, 0.6) is 0 Å². The molecule has 15 heavy (non-hydrogen) atoms. The monoisotopic (exact) mass is 206 g/mol. The lowest BCUT2D eigenvalue weighted by molar-refractivity contribution is 0.253. The van der Waals surface area contributed by atoms with Crippen LogP contribution in [0.3, 0.4) is 0 Å². The van der Waals surface area contributed by atoms with Gasteiger partial charge < -0.3 is 5.73 Å². The second-order valence-corrected chi connectivity index (χ2v) is 3.52. The van der Waals surface area contributed by atoms with Crippen LogP contribution in [0.4, 0.5) is 0 Å². The van der Waals surface area contributed by atoms with E-state index in [0.717, 1.165) is 18.8 Å². The zero-order chi connectivity index (χ0) is 11.3. The second kappa shape index (κ2) is 5.46. The van der Waals surface area contributed by atoms with Gasteiger partial charge in [0.1, 0.15) is 5.84 Å². The molecule has 4 heteroatoms. The van der Waals surface area contributed by atoms with Crippen molar-refractivity contribution in [2.24, 2.45) is 5.73 Å². The number of nitrogens with one attached hydrogen (secondary N) is 1. The Balaban J connectivity index is 2.66. The maximum Gasteiger partial charge on any atom is 0.108 e. The number of likely N-dealkylation sites (N-methyl/N-ethyl adjacent to an activating group) is 1. The summed E-state index contributed by atoms with van der Waals surface area (Å²) in [5, 5.41) is 7.42. The minimum Gasteiger partial charge on any atom is -0.386 e. The lowest BCUT2D eigenvalue weighted by Gasteiger charge is -2.26. The molecule has 1 rings (SSSR count). The van der Waals surface area contributed by atoms with Gasteiger partial charge in [-0.05, 0) is 25.6 Å². The molecular formula is C11H18N4. The summed E-state index contributed by atoms with van der Waals surface area (Å²) in [5.41, 5.74) is 6.49. The minimum absolute atomic E-state index is 0.0305. The van der Waals surface area contributed by atoms with Crippen molar-refractivity contribution in [2.45, 2.75) is 26.4 Å². The molecule has 1 aromatic rings. The van der Waals surface area contributed by atoms with Gasteiger partial charge in [-0.3, -0.25) is 15.3 Å². The first-order chi connectivity index (χ1) is 7.15. The van der Waals surface area contributed by atoms with Crippen molar-refractivity contribution in [3.63, 3.8) is 0 Å². The molecule has 0 bridgehead atoms. The molecule has 0 saturated heterocycles. The first kappa shape index (κ1) is 11.7. The lowest BCUT2D eigenvalue weighted by atomic mass is 10.2. The summed E-state index contributed by atoms with van der Waals surface area (Å²) in [5.74, 6) is 0.202. The fourth-order valence-corrected chi connectivity index (χ4v) is 1.42. The van der Waals surface area contributed by atoms with Crippen molar-refractivity contribution < 1.29 is 0 Å². The number of rotatable bonds is 5. The second-order valence-electron chi connectivity index (χ2n) is 3.52. The lowest BCUT2D eigenvalue weighted by Crippen LogP contribution is -2.41. The Morgan fingerprint density at radius 3 is 2.80 bits per heavy atom. The molecule has 0 aliphatic rings. The molecule has 1 unspecified atom stereocenters. The molecule has 0 saturated carbocycles. The molecule has 0 fully saturated rings. The highest BCUT2D eigenvalue weighted by Gasteiger charge is 2.14. The third-order valence-electron chi connectivity index (χ3n) is 2.50. The number of hydrogen-bond acceptors (Lipinski definition) is 3. The summed E-state index contributed by atoms with van der Waals surface area (Å²) in [6.07, 6.45) is 1.78. The minimum atomic E-state index is -0.0305. The summed E-state index contributed by atoms with van der Waals surface area (Å²) in [6, 6.07) is 5.81. The number of nitrogens with zero attached hydrogens (tertiary/aromatic N) is 2. The summed E-state index contributed by atoms with van der Waals surface area (Å²) in [7, 11) is 0. The van der Waals surface area contributed by atoms with Crippen LogP contribution in [0.25, 0.3) is 0 Å². The largest absolute Gasteiger partial charge is 0.386 e.